The van der Waals surface area contributed by atoms with Crippen LogP contribution in [0.25, 0.3) is 0 Å². The van der Waals surface area contributed by atoms with Crippen LogP contribution < -0.4 is 5.32 Å². The van der Waals surface area contributed by atoms with Crippen LogP contribution in [0, 0.1) is 5.41 Å². The predicted molar refractivity (Wildman–Crippen MR) is 122 cm³/mol. The van der Waals surface area contributed by atoms with Gasteiger partial charge in [0.25, 0.3) is 5.41 Å². The molecule has 0 bridgehead atoms. The van der Waals surface area contributed by atoms with E-state index in [2.05, 4.69) is 5.32 Å². The van der Waals surface area contributed by atoms with E-state index in [9.17, 15) is 19.2 Å². The molecule has 0 aliphatic heterocycles. The number of anilines is 1. The van der Waals surface area contributed by atoms with Crippen molar-refractivity contribution >= 4 is 29.7 Å². The van der Waals surface area contributed by atoms with Gasteiger partial charge in [-0.2, -0.15) is 0 Å². The first-order chi connectivity index (χ1) is 15.5. The van der Waals surface area contributed by atoms with Crippen molar-refractivity contribution < 1.29 is 38.1 Å². The number of hydrogen-bond donors (Lipinski definition) is 1. The second-order valence-electron chi connectivity index (χ2n) is 8.24. The van der Waals surface area contributed by atoms with Crippen LogP contribution in [0.4, 0.5) is 10.5 Å². The van der Waals surface area contributed by atoms with E-state index in [1.165, 1.54) is 0 Å². The number of ether oxygens (including phenoxy) is 4. The highest BCUT2D eigenvalue weighted by atomic mass is 16.6. The van der Waals surface area contributed by atoms with E-state index in [0.717, 1.165) is 5.56 Å². The monoisotopic (exact) mass is 465 g/mol. The topological polar surface area (TPSA) is 117 Å². The summed E-state index contributed by atoms with van der Waals surface area (Å²) in [5, 5.41) is 2.65. The summed E-state index contributed by atoms with van der Waals surface area (Å²) < 4.78 is 20.3. The lowest BCUT2D eigenvalue weighted by Crippen LogP contribution is -2.49. The van der Waals surface area contributed by atoms with Gasteiger partial charge in [-0.15, -0.1) is 0 Å². The van der Waals surface area contributed by atoms with Gasteiger partial charge in [0.15, 0.2) is 0 Å². The highest BCUT2D eigenvalue weighted by molar-refractivity contribution is 6.17. The van der Waals surface area contributed by atoms with Gasteiger partial charge < -0.3 is 18.9 Å². The molecule has 0 aliphatic carbocycles. The summed E-state index contributed by atoms with van der Waals surface area (Å²) >= 11 is 0. The maximum atomic E-state index is 12.7. The van der Waals surface area contributed by atoms with Crippen LogP contribution in [0.3, 0.4) is 0 Å². The van der Waals surface area contributed by atoms with Gasteiger partial charge in [-0.25, -0.2) is 4.79 Å². The quantitative estimate of drug-likeness (QED) is 0.296. The minimum atomic E-state index is -2.17. The average Bonchev–Trinajstić information content (AvgIpc) is 2.71. The van der Waals surface area contributed by atoms with E-state index in [1.54, 1.807) is 65.8 Å². The molecule has 0 aromatic heterocycles. The second-order valence-corrected chi connectivity index (χ2v) is 8.24. The van der Waals surface area contributed by atoms with E-state index in [0.29, 0.717) is 18.5 Å². The summed E-state index contributed by atoms with van der Waals surface area (Å²) in [6.07, 6.45) is 0.0990. The van der Waals surface area contributed by atoms with E-state index in [4.69, 9.17) is 18.9 Å². The number of carbonyl (C=O) groups is 4. The van der Waals surface area contributed by atoms with E-state index < -0.39 is 35.0 Å². The van der Waals surface area contributed by atoms with Crippen LogP contribution in [0.1, 0.15) is 59.9 Å². The number of hydrogen-bond acceptors (Lipinski definition) is 8. The molecule has 1 N–H and O–H groups in total. The Morgan fingerprint density at radius 2 is 1.24 bits per heavy atom. The van der Waals surface area contributed by atoms with Crippen LogP contribution in [-0.4, -0.2) is 49.4 Å². The Morgan fingerprint density at radius 1 is 0.788 bits per heavy atom. The van der Waals surface area contributed by atoms with Crippen molar-refractivity contribution in [2.45, 2.75) is 66.4 Å². The average molecular weight is 466 g/mol. The predicted octanol–water partition coefficient (Wildman–Crippen LogP) is 4.03. The Balaban J connectivity index is 2.92. The van der Waals surface area contributed by atoms with Crippen LogP contribution in [0.15, 0.2) is 24.3 Å². The molecule has 0 saturated heterocycles. The molecule has 9 heteroatoms. The normalized spacial score (nSPS) is 11.3. The Morgan fingerprint density at radius 3 is 1.64 bits per heavy atom. The lowest BCUT2D eigenvalue weighted by Gasteiger charge is -2.27. The first-order valence-corrected chi connectivity index (χ1v) is 11.1. The Kier molecular flexibility index (Phi) is 10.8. The Bertz CT molecular complexity index is 765. The minimum Gasteiger partial charge on any atom is -0.465 e. The maximum Gasteiger partial charge on any atom is 0.412 e. The first kappa shape index (κ1) is 27.9. The lowest BCUT2D eigenvalue weighted by atomic mass is 9.82. The third kappa shape index (κ3) is 8.40. The van der Waals surface area contributed by atoms with Crippen LogP contribution >= 0.6 is 0 Å². The molecule has 1 aromatic carbocycles. The van der Waals surface area contributed by atoms with Gasteiger partial charge in [-0.1, -0.05) is 12.1 Å². The van der Waals surface area contributed by atoms with Crippen molar-refractivity contribution in [3.63, 3.8) is 0 Å². The zero-order valence-corrected chi connectivity index (χ0v) is 20.3. The smallest absolute Gasteiger partial charge is 0.412 e. The van der Waals surface area contributed by atoms with E-state index >= 15 is 0 Å². The van der Waals surface area contributed by atoms with Gasteiger partial charge in [-0.05, 0) is 78.5 Å². The number of carbonyl (C=O) groups excluding carboxylic acids is 4. The molecule has 184 valence electrons. The molecule has 1 amide bonds. The van der Waals surface area contributed by atoms with Crippen molar-refractivity contribution in [2.24, 2.45) is 5.41 Å². The van der Waals surface area contributed by atoms with Crippen LogP contribution in [0.5, 0.6) is 0 Å². The Labute approximate surface area is 195 Å². The summed E-state index contributed by atoms with van der Waals surface area (Å²) in [4.78, 5) is 50.0. The van der Waals surface area contributed by atoms with Crippen molar-refractivity contribution in [3.05, 3.63) is 29.8 Å². The molecule has 0 unspecified atom stereocenters. The molecule has 0 saturated carbocycles. The van der Waals surface area contributed by atoms with Gasteiger partial charge >= 0.3 is 24.0 Å². The van der Waals surface area contributed by atoms with Gasteiger partial charge in [0.1, 0.15) is 5.60 Å². The zero-order valence-electron chi connectivity index (χ0n) is 20.3. The van der Waals surface area contributed by atoms with Gasteiger partial charge in [0.05, 0.1) is 19.8 Å². The fourth-order valence-electron chi connectivity index (χ4n) is 3.05. The van der Waals surface area contributed by atoms with Crippen molar-refractivity contribution in [1.82, 2.24) is 0 Å². The molecule has 0 heterocycles. The highest BCUT2D eigenvalue weighted by Gasteiger charge is 2.56. The number of rotatable bonds is 11. The number of benzene rings is 1. The van der Waals surface area contributed by atoms with Crippen molar-refractivity contribution in [1.29, 1.82) is 0 Å². The molecule has 0 radical (unpaired) electrons. The van der Waals surface area contributed by atoms with Crippen LogP contribution in [-0.2, 0) is 39.8 Å². The summed E-state index contributed by atoms with van der Waals surface area (Å²) in [6.45, 7) is 10.1. The molecule has 0 fully saturated rings. The second kappa shape index (κ2) is 12.8. The SMILES string of the molecule is CCOC(=O)C(CCCc1ccc(NC(=O)OC(C)(C)C)cc1)(C(=O)OCC)C(=O)OCC. The minimum absolute atomic E-state index is 0.00546. The Hall–Kier alpha value is -3.10. The molecule has 1 aromatic rings. The number of amides is 1. The zero-order chi connectivity index (χ0) is 25.1. The lowest BCUT2D eigenvalue weighted by molar-refractivity contribution is -0.184. The molecule has 9 nitrogen and oxygen atoms in total. The standard InChI is InChI=1S/C24H35NO8/c1-7-30-19(26)24(20(27)31-8-2,21(28)32-9-3)16-10-11-17-12-14-18(15-13-17)25-22(29)33-23(4,5)6/h12-15H,7-11,16H2,1-6H3,(H,25,29). The van der Waals surface area contributed by atoms with E-state index in [1.807, 2.05) is 0 Å². The summed E-state index contributed by atoms with van der Waals surface area (Å²) in [5.74, 6) is -2.92. The molecule has 0 atom stereocenters. The number of esters is 3. The van der Waals surface area contributed by atoms with Gasteiger partial charge in [-0.3, -0.25) is 19.7 Å². The van der Waals surface area contributed by atoms with Crippen LogP contribution in [0.2, 0.25) is 0 Å². The highest BCUT2D eigenvalue weighted by Crippen LogP contribution is 2.31. The van der Waals surface area contributed by atoms with Crippen molar-refractivity contribution in [2.75, 3.05) is 25.1 Å². The molecule has 1 rings (SSSR count). The first-order valence-electron chi connectivity index (χ1n) is 11.1. The van der Waals surface area contributed by atoms with Gasteiger partial charge in [0.2, 0.25) is 0 Å². The number of nitrogens with one attached hydrogen (secondary N) is 1. The third-order valence-corrected chi connectivity index (χ3v) is 4.49. The van der Waals surface area contributed by atoms with Crippen molar-refractivity contribution in [3.8, 4) is 0 Å². The molecular weight excluding hydrogens is 430 g/mol. The molecule has 33 heavy (non-hydrogen) atoms. The fraction of sp³-hybridized carbons (Fsp3) is 0.583. The van der Waals surface area contributed by atoms with E-state index in [-0.39, 0.29) is 26.2 Å². The number of aryl methyl sites for hydroxylation is 1. The summed E-state index contributed by atoms with van der Waals surface area (Å²) in [7, 11) is 0. The maximum absolute atomic E-state index is 12.7. The molecule has 0 spiro atoms. The van der Waals surface area contributed by atoms with Gasteiger partial charge in [0, 0.05) is 5.69 Å². The third-order valence-electron chi connectivity index (χ3n) is 4.49. The molecule has 0 aliphatic rings. The largest absolute Gasteiger partial charge is 0.465 e. The summed E-state index contributed by atoms with van der Waals surface area (Å²) in [6, 6.07) is 7.03. The fourth-order valence-corrected chi connectivity index (χ4v) is 3.05. The molecular formula is C24H35NO8. The summed E-state index contributed by atoms with van der Waals surface area (Å²) in [5.41, 5.74) is -1.32.